The minimum absolute atomic E-state index is 0. The van der Waals surface area contributed by atoms with Gasteiger partial charge >= 0.3 is 6.18 Å². The molecule has 0 atom stereocenters. The zero-order chi connectivity index (χ0) is 17.1. The second kappa shape index (κ2) is 8.21. The summed E-state index contributed by atoms with van der Waals surface area (Å²) in [5, 5.41) is 5.88. The summed E-state index contributed by atoms with van der Waals surface area (Å²) in [6, 6.07) is 5.27. The van der Waals surface area contributed by atoms with E-state index in [0.29, 0.717) is 11.5 Å². The van der Waals surface area contributed by atoms with Crippen LogP contribution in [-0.4, -0.2) is 25.5 Å². The Balaban J connectivity index is 0.00000288. The molecular formula is C17H24ClF3N2O. The molecule has 1 fully saturated rings. The zero-order valence-electron chi connectivity index (χ0n) is 13.9. The van der Waals surface area contributed by atoms with Crippen molar-refractivity contribution in [3.8, 4) is 0 Å². The van der Waals surface area contributed by atoms with Crippen molar-refractivity contribution in [1.82, 2.24) is 10.6 Å². The first-order valence-electron chi connectivity index (χ1n) is 7.83. The van der Waals surface area contributed by atoms with Gasteiger partial charge in [0.15, 0.2) is 0 Å². The predicted octanol–water partition coefficient (Wildman–Crippen LogP) is 3.52. The molecule has 24 heavy (non-hydrogen) atoms. The number of halogens is 4. The molecule has 0 aromatic heterocycles. The van der Waals surface area contributed by atoms with Crippen molar-refractivity contribution < 1.29 is 18.0 Å². The van der Waals surface area contributed by atoms with Crippen LogP contribution in [0.25, 0.3) is 0 Å². The number of rotatable bonds is 7. The zero-order valence-corrected chi connectivity index (χ0v) is 14.7. The number of alkyl halides is 3. The molecule has 0 saturated heterocycles. The lowest BCUT2D eigenvalue weighted by molar-refractivity contribution is -0.137. The summed E-state index contributed by atoms with van der Waals surface area (Å²) in [4.78, 5) is 11.8. The second-order valence-corrected chi connectivity index (χ2v) is 6.81. The maximum Gasteiger partial charge on any atom is 0.416 e. The third-order valence-electron chi connectivity index (χ3n) is 4.11. The molecule has 1 aliphatic rings. The molecule has 2 N–H and O–H groups in total. The maximum atomic E-state index is 12.8. The lowest BCUT2D eigenvalue weighted by Gasteiger charge is -2.26. The summed E-state index contributed by atoms with van der Waals surface area (Å²) >= 11 is 0. The summed E-state index contributed by atoms with van der Waals surface area (Å²) in [5.41, 5.74) is -0.688. The molecule has 1 aliphatic carbocycles. The first-order valence-corrected chi connectivity index (χ1v) is 7.83. The summed E-state index contributed by atoms with van der Waals surface area (Å²) in [5.74, 6) is 0.565. The van der Waals surface area contributed by atoms with Crippen LogP contribution in [0.5, 0.6) is 0 Å². The van der Waals surface area contributed by atoms with Crippen LogP contribution in [0.15, 0.2) is 24.3 Å². The molecule has 7 heteroatoms. The van der Waals surface area contributed by atoms with E-state index >= 15 is 0 Å². The molecule has 1 amide bonds. The minimum Gasteiger partial charge on any atom is -0.354 e. The van der Waals surface area contributed by atoms with E-state index < -0.39 is 17.2 Å². The van der Waals surface area contributed by atoms with Crippen LogP contribution in [0, 0.1) is 5.92 Å². The third kappa shape index (κ3) is 6.32. The van der Waals surface area contributed by atoms with Crippen LogP contribution in [0.3, 0.4) is 0 Å². The van der Waals surface area contributed by atoms with Crippen molar-refractivity contribution >= 4 is 18.3 Å². The fourth-order valence-corrected chi connectivity index (χ4v) is 2.31. The molecule has 1 aromatic carbocycles. The van der Waals surface area contributed by atoms with E-state index in [1.165, 1.54) is 18.9 Å². The van der Waals surface area contributed by atoms with Crippen molar-refractivity contribution in [3.63, 3.8) is 0 Å². The highest BCUT2D eigenvalue weighted by Crippen LogP contribution is 2.32. The third-order valence-corrected chi connectivity index (χ3v) is 4.11. The smallest absolute Gasteiger partial charge is 0.354 e. The molecule has 0 aliphatic heterocycles. The van der Waals surface area contributed by atoms with Gasteiger partial charge in [-0.05, 0) is 36.9 Å². The fourth-order valence-electron chi connectivity index (χ4n) is 2.31. The Kier molecular flexibility index (Phi) is 7.10. The normalized spacial score (nSPS) is 14.9. The summed E-state index contributed by atoms with van der Waals surface area (Å²) in [7, 11) is 0. The van der Waals surface area contributed by atoms with Crippen LogP contribution in [0.2, 0.25) is 0 Å². The van der Waals surface area contributed by atoms with Gasteiger partial charge in [-0.15, -0.1) is 12.4 Å². The van der Waals surface area contributed by atoms with Gasteiger partial charge in [-0.2, -0.15) is 13.2 Å². The Morgan fingerprint density at radius 1 is 1.21 bits per heavy atom. The van der Waals surface area contributed by atoms with Gasteiger partial charge in [-0.1, -0.05) is 32.0 Å². The second-order valence-electron chi connectivity index (χ2n) is 6.81. The van der Waals surface area contributed by atoms with E-state index in [1.54, 1.807) is 6.07 Å². The number of hydrogen-bond donors (Lipinski definition) is 2. The Bertz CT molecular complexity index is 557. The SMILES string of the molecule is CC(C)(CNC(=O)CNCC1CC1)c1cccc(C(F)(F)F)c1.Cl. The van der Waals surface area contributed by atoms with E-state index in [1.807, 2.05) is 13.8 Å². The number of carbonyl (C=O) groups is 1. The van der Waals surface area contributed by atoms with E-state index in [2.05, 4.69) is 10.6 Å². The van der Waals surface area contributed by atoms with Crippen molar-refractivity contribution in [2.75, 3.05) is 19.6 Å². The fraction of sp³-hybridized carbons (Fsp3) is 0.588. The molecule has 0 heterocycles. The van der Waals surface area contributed by atoms with Crippen molar-refractivity contribution in [2.45, 2.75) is 38.3 Å². The van der Waals surface area contributed by atoms with Gasteiger partial charge < -0.3 is 10.6 Å². The number of hydrogen-bond acceptors (Lipinski definition) is 2. The van der Waals surface area contributed by atoms with Gasteiger partial charge in [-0.25, -0.2) is 0 Å². The predicted molar refractivity (Wildman–Crippen MR) is 90.3 cm³/mol. The van der Waals surface area contributed by atoms with Crippen molar-refractivity contribution in [2.24, 2.45) is 5.92 Å². The monoisotopic (exact) mass is 364 g/mol. The molecule has 2 rings (SSSR count). The number of nitrogens with one attached hydrogen (secondary N) is 2. The van der Waals surface area contributed by atoms with E-state index in [9.17, 15) is 18.0 Å². The summed E-state index contributed by atoms with van der Waals surface area (Å²) < 4.78 is 38.4. The molecule has 0 bridgehead atoms. The van der Waals surface area contributed by atoms with Gasteiger partial charge in [0.25, 0.3) is 0 Å². The van der Waals surface area contributed by atoms with Crippen LogP contribution in [-0.2, 0) is 16.4 Å². The largest absolute Gasteiger partial charge is 0.416 e. The Labute approximate surface area is 146 Å². The van der Waals surface area contributed by atoms with Crippen molar-refractivity contribution in [1.29, 1.82) is 0 Å². The molecular weight excluding hydrogens is 341 g/mol. The van der Waals surface area contributed by atoms with Crippen LogP contribution in [0.1, 0.15) is 37.8 Å². The average molecular weight is 365 g/mol. The quantitative estimate of drug-likeness (QED) is 0.777. The van der Waals surface area contributed by atoms with E-state index in [0.717, 1.165) is 18.7 Å². The lowest BCUT2D eigenvalue weighted by atomic mass is 9.83. The van der Waals surface area contributed by atoms with Crippen LogP contribution >= 0.6 is 12.4 Å². The maximum absolute atomic E-state index is 12.8. The van der Waals surface area contributed by atoms with Gasteiger partial charge in [0.1, 0.15) is 0 Å². The van der Waals surface area contributed by atoms with Crippen molar-refractivity contribution in [3.05, 3.63) is 35.4 Å². The number of amides is 1. The number of carbonyl (C=O) groups excluding carboxylic acids is 1. The highest BCUT2D eigenvalue weighted by atomic mass is 35.5. The Morgan fingerprint density at radius 2 is 1.83 bits per heavy atom. The lowest BCUT2D eigenvalue weighted by Crippen LogP contribution is -2.41. The highest BCUT2D eigenvalue weighted by Gasteiger charge is 2.32. The standard InChI is InChI=1S/C17H23F3N2O.ClH/c1-16(2,11-22-15(23)10-21-9-12-6-7-12)13-4-3-5-14(8-13)17(18,19)20;/h3-5,8,12,21H,6-7,9-11H2,1-2H3,(H,22,23);1H. The van der Waals surface area contributed by atoms with Crippen LogP contribution in [0.4, 0.5) is 13.2 Å². The molecule has 1 saturated carbocycles. The first-order chi connectivity index (χ1) is 10.7. The highest BCUT2D eigenvalue weighted by molar-refractivity contribution is 5.85. The average Bonchev–Trinajstić information content (AvgIpc) is 3.29. The summed E-state index contributed by atoms with van der Waals surface area (Å²) in [6.07, 6.45) is -1.92. The molecule has 0 spiro atoms. The molecule has 0 unspecified atom stereocenters. The minimum atomic E-state index is -4.36. The van der Waals surface area contributed by atoms with Crippen LogP contribution < -0.4 is 10.6 Å². The van der Waals surface area contributed by atoms with Gasteiger partial charge in [0, 0.05) is 12.0 Å². The molecule has 1 aromatic rings. The van der Waals surface area contributed by atoms with E-state index in [4.69, 9.17) is 0 Å². The molecule has 0 radical (unpaired) electrons. The first kappa shape index (κ1) is 20.8. The topological polar surface area (TPSA) is 41.1 Å². The van der Waals surface area contributed by atoms with Gasteiger partial charge in [-0.3, -0.25) is 4.79 Å². The van der Waals surface area contributed by atoms with Gasteiger partial charge in [0.2, 0.25) is 5.91 Å². The molecule has 3 nitrogen and oxygen atoms in total. The summed E-state index contributed by atoms with van der Waals surface area (Å²) in [6.45, 7) is 5.03. The Morgan fingerprint density at radius 3 is 2.42 bits per heavy atom. The Hall–Kier alpha value is -1.27. The molecule has 136 valence electrons. The van der Waals surface area contributed by atoms with E-state index in [-0.39, 0.29) is 31.4 Å². The van der Waals surface area contributed by atoms with Gasteiger partial charge in [0.05, 0.1) is 12.1 Å². The number of benzene rings is 1.